The van der Waals surface area contributed by atoms with Crippen LogP contribution in [0.25, 0.3) is 21.9 Å². The molecule has 45 heavy (non-hydrogen) atoms. The quantitative estimate of drug-likeness (QED) is 0.0947. The molecule has 3 unspecified atom stereocenters. The van der Waals surface area contributed by atoms with E-state index in [2.05, 4.69) is 31.5 Å². The monoisotopic (exact) mass is 652 g/mol. The number of nitrogens with zero attached hydrogens (tertiary/aromatic N) is 3. The molecule has 1 saturated heterocycles. The van der Waals surface area contributed by atoms with Gasteiger partial charge in [0, 0.05) is 13.1 Å². The summed E-state index contributed by atoms with van der Waals surface area (Å²) in [5.74, 6) is -3.63. The maximum absolute atomic E-state index is 15.1. The molecule has 14 nitrogen and oxygen atoms in total. The zero-order valence-corrected chi connectivity index (χ0v) is 26.3. The van der Waals surface area contributed by atoms with E-state index >= 15 is 8.78 Å². The average molecular weight is 653 g/mol. The van der Waals surface area contributed by atoms with Gasteiger partial charge in [0.15, 0.2) is 11.2 Å². The fourth-order valence-corrected chi connectivity index (χ4v) is 5.30. The summed E-state index contributed by atoms with van der Waals surface area (Å²) in [5, 5.41) is 4.80. The van der Waals surface area contributed by atoms with Crippen LogP contribution in [0.2, 0.25) is 0 Å². The van der Waals surface area contributed by atoms with Gasteiger partial charge in [-0.2, -0.15) is 4.98 Å². The molecule has 0 spiro atoms. The maximum Gasteiger partial charge on any atom is 0.320 e. The molecule has 17 heteroatoms. The number of alkyl halides is 2. The molecule has 1 aliphatic rings. The number of ether oxygens (including phenoxy) is 2. The largest absolute Gasteiger partial charge is 0.462 e. The van der Waals surface area contributed by atoms with Gasteiger partial charge in [-0.1, -0.05) is 44.2 Å². The fourth-order valence-electron chi connectivity index (χ4n) is 4.22. The predicted octanol–water partition coefficient (Wildman–Crippen LogP) is 3.53. The number of carbonyl (C=O) groups excluding carboxylic acids is 1. The van der Waals surface area contributed by atoms with Crippen molar-refractivity contribution in [3.05, 3.63) is 59.1 Å². The third-order valence-electron chi connectivity index (χ3n) is 5.89. The first kappa shape index (κ1) is 35.7. The van der Waals surface area contributed by atoms with Crippen molar-refractivity contribution in [3.63, 3.8) is 0 Å². The average Bonchev–Trinajstić information content (AvgIpc) is 3.54. The van der Waals surface area contributed by atoms with Crippen molar-refractivity contribution >= 4 is 42.4 Å². The Labute approximate surface area is 259 Å². The Morgan fingerprint density at radius 3 is 2.60 bits per heavy atom. The summed E-state index contributed by atoms with van der Waals surface area (Å²) in [6.45, 7) is 7.20. The Morgan fingerprint density at radius 1 is 1.22 bits per heavy atom. The molecule has 1 fully saturated rings. The minimum absolute atomic E-state index is 0.125. The van der Waals surface area contributed by atoms with E-state index in [0.717, 1.165) is 21.7 Å². The molecule has 1 aliphatic heterocycles. The minimum Gasteiger partial charge on any atom is -0.462 e. The number of hydrogen-bond donors (Lipinski definition) is 5. The number of rotatable bonds is 10. The Hall–Kier alpha value is -3.79. The highest BCUT2D eigenvalue weighted by Gasteiger charge is 2.52. The molecule has 0 amide bonds. The molecule has 0 bridgehead atoms. The van der Waals surface area contributed by atoms with E-state index in [1.54, 1.807) is 19.9 Å². The summed E-state index contributed by atoms with van der Waals surface area (Å²) in [5.41, 5.74) is 13.9. The molecule has 3 heterocycles. The highest BCUT2D eigenvalue weighted by molar-refractivity contribution is 7.45. The van der Waals surface area contributed by atoms with Crippen molar-refractivity contribution < 1.29 is 32.1 Å². The standard InChI is InChI=1S/C25H27F2N6O6P.C2H6.CH6N2/c1-14(2)37-19(34)11-30-40(39-17-8-7-15-5-3-4-6-16(15)9-17)36-12-18-10-25(26,27)23(38-18)33-13-29-20-21(33)31-24(28)32-22(20)35;1-2;2-1-3/h3-9,13-14,18,23,30H,10-12H2,1-2H3,(H3,28,31,32,35);1-2H3;1-3H2. The van der Waals surface area contributed by atoms with Crippen LogP contribution in [0.5, 0.6) is 5.75 Å². The molecular formula is C28H39F2N8O6P. The maximum atomic E-state index is 15.1. The molecule has 3 atom stereocenters. The van der Waals surface area contributed by atoms with Gasteiger partial charge in [-0.15, -0.1) is 0 Å². The molecule has 0 radical (unpaired) electrons. The number of benzene rings is 2. The molecular weight excluding hydrogens is 613 g/mol. The minimum atomic E-state index is -3.34. The lowest BCUT2D eigenvalue weighted by Crippen LogP contribution is -2.26. The number of nitrogens with one attached hydrogen (secondary N) is 2. The highest BCUT2D eigenvalue weighted by Crippen LogP contribution is 2.45. The van der Waals surface area contributed by atoms with Crippen molar-refractivity contribution in [2.45, 2.75) is 58.5 Å². The number of esters is 1. The Bertz CT molecular complexity index is 1600. The van der Waals surface area contributed by atoms with Gasteiger partial charge in [-0.25, -0.2) is 18.9 Å². The Morgan fingerprint density at radius 2 is 1.91 bits per heavy atom. The number of carbonyl (C=O) groups is 1. The molecule has 8 N–H and O–H groups in total. The number of nitrogen functional groups attached to an aromatic ring is 1. The number of H-pyrrole nitrogens is 1. The van der Waals surface area contributed by atoms with Crippen LogP contribution in [0.3, 0.4) is 0 Å². The van der Waals surface area contributed by atoms with Crippen LogP contribution in [0.1, 0.15) is 40.3 Å². The van der Waals surface area contributed by atoms with Gasteiger partial charge in [0.25, 0.3) is 11.5 Å². The third-order valence-corrected chi connectivity index (χ3v) is 7.07. The van der Waals surface area contributed by atoms with Crippen molar-refractivity contribution in [2.75, 3.05) is 25.6 Å². The number of imidazole rings is 1. The van der Waals surface area contributed by atoms with Crippen molar-refractivity contribution in [3.8, 4) is 5.75 Å². The van der Waals surface area contributed by atoms with Crippen molar-refractivity contribution in [1.82, 2.24) is 24.6 Å². The van der Waals surface area contributed by atoms with E-state index in [1.165, 1.54) is 0 Å². The number of anilines is 1. The highest BCUT2D eigenvalue weighted by atomic mass is 31.2. The SMILES string of the molecule is CC.CC(C)OC(=O)CNP(OCC1CC(F)(F)C(n2cnc3c(=O)[nH]c(N)nc32)O1)Oc1ccc2ccccc2c1.NCN. The van der Waals surface area contributed by atoms with Crippen molar-refractivity contribution in [2.24, 2.45) is 11.5 Å². The van der Waals surface area contributed by atoms with Gasteiger partial charge in [-0.05, 0) is 36.8 Å². The van der Waals surface area contributed by atoms with Gasteiger partial charge in [0.2, 0.25) is 12.2 Å². The Balaban J connectivity index is 0.00000104. The first-order valence-corrected chi connectivity index (χ1v) is 15.4. The summed E-state index contributed by atoms with van der Waals surface area (Å²) in [6.07, 6.45) is -2.77. The van der Waals surface area contributed by atoms with E-state index in [0.29, 0.717) is 5.75 Å². The lowest BCUT2D eigenvalue weighted by Gasteiger charge is -2.21. The smallest absolute Gasteiger partial charge is 0.320 e. The van der Waals surface area contributed by atoms with E-state index in [9.17, 15) is 9.59 Å². The van der Waals surface area contributed by atoms with Gasteiger partial charge in [-0.3, -0.25) is 19.1 Å². The first-order chi connectivity index (χ1) is 21.5. The molecule has 0 saturated carbocycles. The van der Waals surface area contributed by atoms with E-state index in [4.69, 9.17) is 24.3 Å². The van der Waals surface area contributed by atoms with E-state index < -0.39 is 44.7 Å². The lowest BCUT2D eigenvalue weighted by atomic mass is 10.1. The number of aromatic amines is 1. The van der Waals surface area contributed by atoms with Crippen LogP contribution >= 0.6 is 8.53 Å². The predicted molar refractivity (Wildman–Crippen MR) is 167 cm³/mol. The summed E-state index contributed by atoms with van der Waals surface area (Å²) >= 11 is 0. The van der Waals surface area contributed by atoms with Crippen LogP contribution < -0.4 is 32.4 Å². The van der Waals surface area contributed by atoms with E-state index in [1.807, 2.05) is 50.2 Å². The van der Waals surface area contributed by atoms with Crippen LogP contribution in [-0.2, 0) is 18.8 Å². The third kappa shape index (κ3) is 9.60. The van der Waals surface area contributed by atoms with Gasteiger partial charge >= 0.3 is 14.5 Å². The Kier molecular flexibility index (Phi) is 13.1. The molecule has 246 valence electrons. The van der Waals surface area contributed by atoms with Crippen LogP contribution in [-0.4, -0.2) is 63.4 Å². The lowest BCUT2D eigenvalue weighted by molar-refractivity contribution is -0.145. The summed E-state index contributed by atoms with van der Waals surface area (Å²) in [7, 11) is -1.96. The van der Waals surface area contributed by atoms with Crippen LogP contribution in [0.15, 0.2) is 53.6 Å². The van der Waals surface area contributed by atoms with Crippen LogP contribution in [0.4, 0.5) is 14.7 Å². The van der Waals surface area contributed by atoms with E-state index in [-0.39, 0.29) is 43.0 Å². The topological polar surface area (TPSA) is 208 Å². The van der Waals surface area contributed by atoms with Gasteiger partial charge < -0.3 is 35.7 Å². The summed E-state index contributed by atoms with van der Waals surface area (Å²) in [6, 6.07) is 13.1. The first-order valence-electron chi connectivity index (χ1n) is 14.2. The second-order valence-corrected chi connectivity index (χ2v) is 10.9. The van der Waals surface area contributed by atoms with Gasteiger partial charge in [0.05, 0.1) is 25.1 Å². The molecule has 5 rings (SSSR count). The van der Waals surface area contributed by atoms with Crippen molar-refractivity contribution in [1.29, 1.82) is 0 Å². The van der Waals surface area contributed by atoms with Crippen LogP contribution in [0, 0.1) is 0 Å². The number of aromatic nitrogens is 4. The number of fused-ring (bicyclic) bond motifs is 2. The summed E-state index contributed by atoms with van der Waals surface area (Å²) < 4.78 is 53.7. The normalized spacial score (nSPS) is 17.7. The zero-order valence-electron chi connectivity index (χ0n) is 25.4. The van der Waals surface area contributed by atoms with Gasteiger partial charge in [0.1, 0.15) is 12.3 Å². The second kappa shape index (κ2) is 16.5. The number of hydrogen-bond acceptors (Lipinski definition) is 12. The number of nitrogens with two attached hydrogens (primary N) is 3. The molecule has 2 aromatic carbocycles. The second-order valence-electron chi connectivity index (χ2n) is 9.61. The summed E-state index contributed by atoms with van der Waals surface area (Å²) in [4.78, 5) is 34.3. The molecule has 2 aromatic heterocycles. The number of halogens is 2. The molecule has 0 aliphatic carbocycles. The fraction of sp³-hybridized carbons (Fsp3) is 0.429. The molecule has 4 aromatic rings. The zero-order chi connectivity index (χ0) is 33.1.